The molecule has 0 aliphatic carbocycles. The van der Waals surface area contributed by atoms with Crippen LogP contribution in [0.1, 0.15) is 38.1 Å². The Kier molecular flexibility index (Phi) is 6.03. The van der Waals surface area contributed by atoms with Crippen LogP contribution in [-0.2, 0) is 9.53 Å². The van der Waals surface area contributed by atoms with Crippen LogP contribution in [0.4, 0.5) is 11.4 Å². The van der Waals surface area contributed by atoms with Crippen LogP contribution in [0.3, 0.4) is 0 Å². The van der Waals surface area contributed by atoms with Crippen LogP contribution in [0.5, 0.6) is 0 Å². The SMILES string of the molecule is CCOC(=O)c1ccc(NC(C)=O)cc1N(CC)CC. The van der Waals surface area contributed by atoms with E-state index in [4.69, 9.17) is 4.74 Å². The molecule has 0 saturated heterocycles. The molecular weight excluding hydrogens is 256 g/mol. The molecule has 0 radical (unpaired) electrons. The number of anilines is 2. The van der Waals surface area contributed by atoms with Crippen molar-refractivity contribution in [1.82, 2.24) is 0 Å². The van der Waals surface area contributed by atoms with E-state index in [2.05, 4.69) is 10.2 Å². The van der Waals surface area contributed by atoms with Crippen molar-refractivity contribution < 1.29 is 14.3 Å². The predicted octanol–water partition coefficient (Wildman–Crippen LogP) is 2.67. The van der Waals surface area contributed by atoms with Crippen molar-refractivity contribution >= 4 is 23.3 Å². The van der Waals surface area contributed by atoms with E-state index < -0.39 is 0 Å². The van der Waals surface area contributed by atoms with Crippen LogP contribution < -0.4 is 10.2 Å². The van der Waals surface area contributed by atoms with Crippen molar-refractivity contribution in [2.75, 3.05) is 29.9 Å². The van der Waals surface area contributed by atoms with E-state index in [0.717, 1.165) is 18.8 Å². The first-order chi connectivity index (χ1) is 9.53. The molecule has 0 aliphatic rings. The van der Waals surface area contributed by atoms with Gasteiger partial charge in [0.05, 0.1) is 17.9 Å². The summed E-state index contributed by atoms with van der Waals surface area (Å²) in [6, 6.07) is 5.21. The highest BCUT2D eigenvalue weighted by atomic mass is 16.5. The van der Waals surface area contributed by atoms with Gasteiger partial charge in [0.15, 0.2) is 0 Å². The van der Waals surface area contributed by atoms with E-state index in [-0.39, 0.29) is 11.9 Å². The molecule has 0 spiro atoms. The smallest absolute Gasteiger partial charge is 0.340 e. The van der Waals surface area contributed by atoms with Gasteiger partial charge in [0.25, 0.3) is 0 Å². The number of rotatable bonds is 6. The number of esters is 1. The minimum absolute atomic E-state index is 0.139. The van der Waals surface area contributed by atoms with Gasteiger partial charge in [-0.2, -0.15) is 0 Å². The highest BCUT2D eigenvalue weighted by Gasteiger charge is 2.17. The standard InChI is InChI=1S/C15H22N2O3/c1-5-17(6-2)14-10-12(16-11(4)18)8-9-13(14)15(19)20-7-3/h8-10H,5-7H2,1-4H3,(H,16,18). The molecule has 0 aromatic heterocycles. The van der Waals surface area contributed by atoms with E-state index in [1.807, 2.05) is 13.8 Å². The van der Waals surface area contributed by atoms with Crippen molar-refractivity contribution in [3.63, 3.8) is 0 Å². The topological polar surface area (TPSA) is 58.6 Å². The first kappa shape index (κ1) is 16.0. The molecule has 20 heavy (non-hydrogen) atoms. The highest BCUT2D eigenvalue weighted by Crippen LogP contribution is 2.25. The summed E-state index contributed by atoms with van der Waals surface area (Å²) in [5.41, 5.74) is 1.97. The van der Waals surface area contributed by atoms with Crippen LogP contribution >= 0.6 is 0 Å². The van der Waals surface area contributed by atoms with Gasteiger partial charge in [-0.15, -0.1) is 0 Å². The first-order valence-corrected chi connectivity index (χ1v) is 6.87. The average Bonchev–Trinajstić information content (AvgIpc) is 2.40. The Morgan fingerprint density at radius 1 is 1.20 bits per heavy atom. The number of hydrogen-bond acceptors (Lipinski definition) is 4. The molecule has 5 nitrogen and oxygen atoms in total. The molecule has 1 aromatic carbocycles. The van der Waals surface area contributed by atoms with Crippen molar-refractivity contribution in [1.29, 1.82) is 0 Å². The van der Waals surface area contributed by atoms with Crippen molar-refractivity contribution in [3.05, 3.63) is 23.8 Å². The summed E-state index contributed by atoms with van der Waals surface area (Å²) in [6.07, 6.45) is 0. The fraction of sp³-hybridized carbons (Fsp3) is 0.467. The molecule has 1 aromatic rings. The minimum Gasteiger partial charge on any atom is -0.462 e. The van der Waals surface area contributed by atoms with E-state index in [0.29, 0.717) is 17.9 Å². The van der Waals surface area contributed by atoms with Crippen LogP contribution in [0.2, 0.25) is 0 Å². The fourth-order valence-electron chi connectivity index (χ4n) is 2.02. The number of hydrogen-bond donors (Lipinski definition) is 1. The summed E-state index contributed by atoms with van der Waals surface area (Å²) < 4.78 is 5.08. The number of amides is 1. The van der Waals surface area contributed by atoms with Crippen LogP contribution in [0.15, 0.2) is 18.2 Å². The van der Waals surface area contributed by atoms with Crippen molar-refractivity contribution in [3.8, 4) is 0 Å². The first-order valence-electron chi connectivity index (χ1n) is 6.87. The summed E-state index contributed by atoms with van der Waals surface area (Å²) in [5.74, 6) is -0.483. The summed E-state index contributed by atoms with van der Waals surface area (Å²) in [4.78, 5) is 25.2. The lowest BCUT2D eigenvalue weighted by Gasteiger charge is -2.24. The Morgan fingerprint density at radius 3 is 2.35 bits per heavy atom. The molecule has 0 aliphatic heterocycles. The molecule has 1 amide bonds. The molecular formula is C15H22N2O3. The van der Waals surface area contributed by atoms with Crippen molar-refractivity contribution in [2.45, 2.75) is 27.7 Å². The Morgan fingerprint density at radius 2 is 1.85 bits per heavy atom. The zero-order valence-corrected chi connectivity index (χ0v) is 12.5. The van der Waals surface area contributed by atoms with Gasteiger partial charge in [-0.1, -0.05) is 0 Å². The van der Waals surface area contributed by atoms with Gasteiger partial charge >= 0.3 is 5.97 Å². The Bertz CT molecular complexity index is 482. The number of carbonyl (C=O) groups is 2. The maximum Gasteiger partial charge on any atom is 0.340 e. The lowest BCUT2D eigenvalue weighted by molar-refractivity contribution is -0.114. The van der Waals surface area contributed by atoms with Gasteiger partial charge in [-0.05, 0) is 39.0 Å². The summed E-state index contributed by atoms with van der Waals surface area (Å²) >= 11 is 0. The molecule has 5 heteroatoms. The number of benzene rings is 1. The van der Waals surface area contributed by atoms with Gasteiger partial charge in [-0.25, -0.2) is 4.79 Å². The maximum absolute atomic E-state index is 12.0. The molecule has 0 unspecified atom stereocenters. The van der Waals surface area contributed by atoms with Crippen LogP contribution in [0.25, 0.3) is 0 Å². The van der Waals surface area contributed by atoms with E-state index in [9.17, 15) is 9.59 Å². The normalized spacial score (nSPS) is 10.0. The van der Waals surface area contributed by atoms with E-state index in [1.54, 1.807) is 25.1 Å². The average molecular weight is 278 g/mol. The third-order valence-corrected chi connectivity index (χ3v) is 2.92. The van der Waals surface area contributed by atoms with Crippen LogP contribution in [0, 0.1) is 0 Å². The van der Waals surface area contributed by atoms with Crippen molar-refractivity contribution in [2.24, 2.45) is 0 Å². The monoisotopic (exact) mass is 278 g/mol. The van der Waals surface area contributed by atoms with Gasteiger partial charge in [0.2, 0.25) is 5.91 Å². The van der Waals surface area contributed by atoms with Crippen LogP contribution in [-0.4, -0.2) is 31.6 Å². The molecule has 1 rings (SSSR count). The number of nitrogens with one attached hydrogen (secondary N) is 1. The molecule has 1 N–H and O–H groups in total. The minimum atomic E-state index is -0.344. The van der Waals surface area contributed by atoms with Gasteiger partial charge in [0.1, 0.15) is 0 Å². The lowest BCUT2D eigenvalue weighted by atomic mass is 10.1. The number of nitrogens with zero attached hydrogens (tertiary/aromatic N) is 1. The third-order valence-electron chi connectivity index (χ3n) is 2.92. The highest BCUT2D eigenvalue weighted by molar-refractivity contribution is 5.98. The summed E-state index contributed by atoms with van der Waals surface area (Å²) in [5, 5.41) is 2.73. The summed E-state index contributed by atoms with van der Waals surface area (Å²) in [7, 11) is 0. The Labute approximate surface area is 119 Å². The van der Waals surface area contributed by atoms with E-state index >= 15 is 0 Å². The second kappa shape index (κ2) is 7.53. The lowest BCUT2D eigenvalue weighted by Crippen LogP contribution is -2.25. The Balaban J connectivity index is 3.22. The molecule has 0 heterocycles. The largest absolute Gasteiger partial charge is 0.462 e. The number of carbonyl (C=O) groups excluding carboxylic acids is 2. The molecule has 0 atom stereocenters. The Hall–Kier alpha value is -2.04. The summed E-state index contributed by atoms with van der Waals surface area (Å²) in [6.45, 7) is 9.15. The molecule has 110 valence electrons. The zero-order valence-electron chi connectivity index (χ0n) is 12.5. The quantitative estimate of drug-likeness (QED) is 0.813. The molecule has 0 bridgehead atoms. The maximum atomic E-state index is 12.0. The van der Waals surface area contributed by atoms with Gasteiger partial charge in [0, 0.05) is 25.7 Å². The third kappa shape index (κ3) is 3.98. The second-order valence-electron chi connectivity index (χ2n) is 4.31. The van der Waals surface area contributed by atoms with E-state index in [1.165, 1.54) is 6.92 Å². The van der Waals surface area contributed by atoms with Gasteiger partial charge < -0.3 is 15.0 Å². The predicted molar refractivity (Wildman–Crippen MR) is 80.3 cm³/mol. The number of ether oxygens (including phenoxy) is 1. The fourth-order valence-corrected chi connectivity index (χ4v) is 2.02. The molecule has 0 fully saturated rings. The second-order valence-corrected chi connectivity index (χ2v) is 4.31. The zero-order chi connectivity index (χ0) is 15.1. The molecule has 0 saturated carbocycles. The van der Waals surface area contributed by atoms with Gasteiger partial charge in [-0.3, -0.25) is 4.79 Å².